The molecule has 0 radical (unpaired) electrons. The summed E-state index contributed by atoms with van der Waals surface area (Å²) in [5.41, 5.74) is 3.53. The summed E-state index contributed by atoms with van der Waals surface area (Å²) in [6, 6.07) is 9.71. The summed E-state index contributed by atoms with van der Waals surface area (Å²) >= 11 is 0. The van der Waals surface area contributed by atoms with Crippen molar-refractivity contribution in [2.75, 3.05) is 6.54 Å². The van der Waals surface area contributed by atoms with Gasteiger partial charge in [0.25, 0.3) is 0 Å². The van der Waals surface area contributed by atoms with Crippen LogP contribution in [0.3, 0.4) is 0 Å². The Morgan fingerprint density at radius 2 is 2.04 bits per heavy atom. The molecule has 0 spiro atoms. The van der Waals surface area contributed by atoms with Gasteiger partial charge in [0.1, 0.15) is 5.82 Å². The van der Waals surface area contributed by atoms with Crippen LogP contribution in [0.25, 0.3) is 11.3 Å². The first-order chi connectivity index (χ1) is 11.6. The number of pyridine rings is 1. The second-order valence-electron chi connectivity index (χ2n) is 5.62. The summed E-state index contributed by atoms with van der Waals surface area (Å²) in [6.45, 7) is 0.934. The highest BCUT2D eigenvalue weighted by atomic mass is 19.1. The van der Waals surface area contributed by atoms with Crippen molar-refractivity contribution in [2.24, 2.45) is 7.05 Å². The zero-order valence-electron chi connectivity index (χ0n) is 13.4. The van der Waals surface area contributed by atoms with Crippen molar-refractivity contribution in [3.8, 4) is 11.3 Å². The van der Waals surface area contributed by atoms with E-state index in [9.17, 15) is 9.50 Å². The van der Waals surface area contributed by atoms with Crippen LogP contribution < -0.4 is 5.32 Å². The Hall–Kier alpha value is -2.57. The lowest BCUT2D eigenvalue weighted by Crippen LogP contribution is -2.21. The molecule has 1 aromatic carbocycles. The number of nitrogens with zero attached hydrogens (tertiary/aromatic N) is 3. The Labute approximate surface area is 139 Å². The molecule has 2 heterocycles. The highest BCUT2D eigenvalue weighted by Gasteiger charge is 2.12. The number of hydrogen-bond donors (Lipinski definition) is 2. The summed E-state index contributed by atoms with van der Waals surface area (Å²) in [5.74, 6) is -0.310. The first kappa shape index (κ1) is 16.3. The second kappa shape index (κ2) is 7.33. The van der Waals surface area contributed by atoms with Gasteiger partial charge < -0.3 is 10.4 Å². The van der Waals surface area contributed by atoms with E-state index in [2.05, 4.69) is 15.4 Å². The Morgan fingerprint density at radius 1 is 1.25 bits per heavy atom. The Kier molecular flexibility index (Phi) is 4.98. The van der Waals surface area contributed by atoms with Gasteiger partial charge in [-0.05, 0) is 29.8 Å². The van der Waals surface area contributed by atoms with Crippen LogP contribution in [0.1, 0.15) is 17.2 Å². The lowest BCUT2D eigenvalue weighted by atomic mass is 10.1. The van der Waals surface area contributed by atoms with Crippen LogP contribution in [0.5, 0.6) is 0 Å². The number of aryl methyl sites for hydroxylation is 1. The molecule has 6 heteroatoms. The molecule has 0 aliphatic carbocycles. The largest absolute Gasteiger partial charge is 0.387 e. The van der Waals surface area contributed by atoms with Crippen LogP contribution in [-0.4, -0.2) is 26.4 Å². The number of hydrogen-bond acceptors (Lipinski definition) is 4. The molecule has 124 valence electrons. The topological polar surface area (TPSA) is 63.0 Å². The van der Waals surface area contributed by atoms with Gasteiger partial charge in [-0.2, -0.15) is 5.10 Å². The third kappa shape index (κ3) is 3.84. The standard InChI is InChI=1S/C18H19FN4O/c1-23-12-15(18(22-23)14-3-2-8-20-9-14)10-21-11-17(24)13-4-6-16(19)7-5-13/h2-9,12,17,21,24H,10-11H2,1H3/t17-/m0/s1. The van der Waals surface area contributed by atoms with E-state index in [-0.39, 0.29) is 5.82 Å². The second-order valence-corrected chi connectivity index (χ2v) is 5.62. The number of aliphatic hydroxyl groups is 1. The molecule has 2 aromatic heterocycles. The van der Waals surface area contributed by atoms with Crippen LogP contribution in [-0.2, 0) is 13.6 Å². The van der Waals surface area contributed by atoms with Crippen molar-refractivity contribution < 1.29 is 9.50 Å². The Balaban J connectivity index is 1.64. The van der Waals surface area contributed by atoms with Crippen molar-refractivity contribution >= 4 is 0 Å². The van der Waals surface area contributed by atoms with Gasteiger partial charge in [-0.3, -0.25) is 9.67 Å². The number of halogens is 1. The molecule has 0 saturated carbocycles. The van der Waals surface area contributed by atoms with Gasteiger partial charge in [0.15, 0.2) is 0 Å². The minimum Gasteiger partial charge on any atom is -0.387 e. The molecule has 1 atom stereocenters. The predicted octanol–water partition coefficient (Wildman–Crippen LogP) is 2.44. The molecule has 5 nitrogen and oxygen atoms in total. The SMILES string of the molecule is Cn1cc(CNC[C@H](O)c2ccc(F)cc2)c(-c2cccnc2)n1. The number of aliphatic hydroxyl groups excluding tert-OH is 1. The van der Waals surface area contributed by atoms with E-state index < -0.39 is 6.10 Å². The molecular formula is C18H19FN4O. The molecule has 0 aliphatic heterocycles. The van der Waals surface area contributed by atoms with E-state index in [1.54, 1.807) is 29.2 Å². The molecule has 3 rings (SSSR count). The van der Waals surface area contributed by atoms with E-state index in [1.165, 1.54) is 12.1 Å². The monoisotopic (exact) mass is 326 g/mol. The highest BCUT2D eigenvalue weighted by molar-refractivity contribution is 5.61. The van der Waals surface area contributed by atoms with Crippen LogP contribution in [0.4, 0.5) is 4.39 Å². The van der Waals surface area contributed by atoms with Gasteiger partial charge in [0.2, 0.25) is 0 Å². The maximum Gasteiger partial charge on any atom is 0.123 e. The lowest BCUT2D eigenvalue weighted by molar-refractivity contribution is 0.174. The predicted molar refractivity (Wildman–Crippen MR) is 89.5 cm³/mol. The zero-order valence-corrected chi connectivity index (χ0v) is 13.4. The molecule has 2 N–H and O–H groups in total. The summed E-state index contributed by atoms with van der Waals surface area (Å²) in [5, 5.41) is 17.9. The first-order valence-corrected chi connectivity index (χ1v) is 7.70. The van der Waals surface area contributed by atoms with Crippen LogP contribution in [0.2, 0.25) is 0 Å². The van der Waals surface area contributed by atoms with Gasteiger partial charge in [-0.1, -0.05) is 12.1 Å². The van der Waals surface area contributed by atoms with E-state index >= 15 is 0 Å². The molecule has 0 fully saturated rings. The van der Waals surface area contributed by atoms with Crippen molar-refractivity contribution in [3.63, 3.8) is 0 Å². The normalized spacial score (nSPS) is 12.3. The Bertz CT molecular complexity index is 787. The third-order valence-electron chi connectivity index (χ3n) is 3.75. The smallest absolute Gasteiger partial charge is 0.123 e. The van der Waals surface area contributed by atoms with Crippen LogP contribution in [0, 0.1) is 5.82 Å². The van der Waals surface area contributed by atoms with Gasteiger partial charge in [-0.15, -0.1) is 0 Å². The fraction of sp³-hybridized carbons (Fsp3) is 0.222. The summed E-state index contributed by atoms with van der Waals surface area (Å²) in [6.07, 6.45) is 4.76. The molecule has 0 unspecified atom stereocenters. The molecular weight excluding hydrogens is 307 g/mol. The average molecular weight is 326 g/mol. The third-order valence-corrected chi connectivity index (χ3v) is 3.75. The minimum atomic E-state index is -0.691. The van der Waals surface area contributed by atoms with E-state index in [1.807, 2.05) is 25.4 Å². The molecule has 0 aliphatic rings. The fourth-order valence-corrected chi connectivity index (χ4v) is 2.56. The summed E-state index contributed by atoms with van der Waals surface area (Å²) < 4.78 is 14.7. The van der Waals surface area contributed by atoms with E-state index in [0.717, 1.165) is 16.8 Å². The summed E-state index contributed by atoms with van der Waals surface area (Å²) in [7, 11) is 1.87. The maximum absolute atomic E-state index is 12.9. The number of aromatic nitrogens is 3. The van der Waals surface area contributed by atoms with Crippen molar-refractivity contribution in [1.29, 1.82) is 0 Å². The lowest BCUT2D eigenvalue weighted by Gasteiger charge is -2.12. The zero-order chi connectivity index (χ0) is 16.9. The fourth-order valence-electron chi connectivity index (χ4n) is 2.56. The summed E-state index contributed by atoms with van der Waals surface area (Å²) in [4.78, 5) is 4.13. The van der Waals surface area contributed by atoms with E-state index in [0.29, 0.717) is 18.7 Å². The van der Waals surface area contributed by atoms with Crippen LogP contribution in [0.15, 0.2) is 55.0 Å². The van der Waals surface area contributed by atoms with Gasteiger partial charge in [0, 0.05) is 49.9 Å². The van der Waals surface area contributed by atoms with Gasteiger partial charge in [-0.25, -0.2) is 4.39 Å². The Morgan fingerprint density at radius 3 is 2.75 bits per heavy atom. The minimum absolute atomic E-state index is 0.310. The molecule has 0 saturated heterocycles. The maximum atomic E-state index is 12.9. The quantitative estimate of drug-likeness (QED) is 0.730. The molecule has 24 heavy (non-hydrogen) atoms. The highest BCUT2D eigenvalue weighted by Crippen LogP contribution is 2.21. The number of benzene rings is 1. The van der Waals surface area contributed by atoms with Gasteiger partial charge in [0.05, 0.1) is 11.8 Å². The number of nitrogens with one attached hydrogen (secondary N) is 1. The van der Waals surface area contributed by atoms with E-state index in [4.69, 9.17) is 0 Å². The molecule has 0 bridgehead atoms. The molecule has 3 aromatic rings. The van der Waals surface area contributed by atoms with Crippen molar-refractivity contribution in [3.05, 3.63) is 71.9 Å². The van der Waals surface area contributed by atoms with Crippen molar-refractivity contribution in [2.45, 2.75) is 12.6 Å². The van der Waals surface area contributed by atoms with Gasteiger partial charge >= 0.3 is 0 Å². The first-order valence-electron chi connectivity index (χ1n) is 7.70. The van der Waals surface area contributed by atoms with Crippen molar-refractivity contribution in [1.82, 2.24) is 20.1 Å². The average Bonchev–Trinajstić information content (AvgIpc) is 2.97. The molecule has 0 amide bonds. The number of rotatable bonds is 6. The van der Waals surface area contributed by atoms with Crippen LogP contribution >= 0.6 is 0 Å².